The largest absolute Gasteiger partial charge is 0.295 e. The molecule has 0 atom stereocenters. The normalized spacial score (nSPS) is 11.1. The second-order valence-electron chi connectivity index (χ2n) is 4.38. The minimum absolute atomic E-state index is 0.380. The monoisotopic (exact) mass is 271 g/mol. The molecule has 2 aromatic heterocycles. The molecule has 0 N–H and O–H groups in total. The van der Waals surface area contributed by atoms with Crippen LogP contribution >= 0.6 is 11.6 Å². The van der Waals surface area contributed by atoms with Gasteiger partial charge in [0.1, 0.15) is 11.3 Å². The predicted octanol–water partition coefficient (Wildman–Crippen LogP) is 3.72. The van der Waals surface area contributed by atoms with Gasteiger partial charge in [-0.25, -0.2) is 4.98 Å². The summed E-state index contributed by atoms with van der Waals surface area (Å²) in [7, 11) is 0. The van der Waals surface area contributed by atoms with E-state index in [4.69, 9.17) is 11.6 Å². The molecule has 3 rings (SSSR count). The molecule has 0 bridgehead atoms. The van der Waals surface area contributed by atoms with Gasteiger partial charge in [-0.05, 0) is 30.2 Å². The Bertz CT molecular complexity index is 718. The number of aryl methyl sites for hydroxylation is 1. The fraction of sp³-hybridized carbons (Fsp3) is 0.200. The third-order valence-electron chi connectivity index (χ3n) is 3.22. The second kappa shape index (κ2) is 5.02. The fourth-order valence-corrected chi connectivity index (χ4v) is 2.45. The summed E-state index contributed by atoms with van der Waals surface area (Å²) in [6.45, 7) is 2.15. The molecule has 0 amide bonds. The van der Waals surface area contributed by atoms with Gasteiger partial charge in [-0.15, -0.1) is 11.6 Å². The first kappa shape index (κ1) is 12.2. The van der Waals surface area contributed by atoms with E-state index < -0.39 is 0 Å². The maximum atomic E-state index is 6.02. The van der Waals surface area contributed by atoms with Crippen molar-refractivity contribution >= 4 is 22.6 Å². The Balaban J connectivity index is 2.27. The Morgan fingerprint density at radius 3 is 2.95 bits per heavy atom. The SMILES string of the molecule is CCc1cccc(-n2c(CCl)nc3cnccc32)c1. The summed E-state index contributed by atoms with van der Waals surface area (Å²) in [4.78, 5) is 8.64. The average Bonchev–Trinajstić information content (AvgIpc) is 2.85. The van der Waals surface area contributed by atoms with Crippen molar-refractivity contribution in [2.24, 2.45) is 0 Å². The molecule has 3 aromatic rings. The van der Waals surface area contributed by atoms with Crippen LogP contribution in [0.15, 0.2) is 42.7 Å². The molecule has 3 nitrogen and oxygen atoms in total. The van der Waals surface area contributed by atoms with Crippen molar-refractivity contribution in [1.29, 1.82) is 0 Å². The number of aromatic nitrogens is 3. The van der Waals surface area contributed by atoms with E-state index in [-0.39, 0.29) is 0 Å². The van der Waals surface area contributed by atoms with E-state index in [2.05, 4.69) is 45.7 Å². The molecule has 0 aliphatic carbocycles. The highest BCUT2D eigenvalue weighted by Gasteiger charge is 2.11. The molecule has 0 saturated heterocycles. The lowest BCUT2D eigenvalue weighted by atomic mass is 10.1. The lowest BCUT2D eigenvalue weighted by Gasteiger charge is -2.09. The van der Waals surface area contributed by atoms with Gasteiger partial charge in [0.05, 0.1) is 17.6 Å². The summed E-state index contributed by atoms with van der Waals surface area (Å²) < 4.78 is 2.10. The highest BCUT2D eigenvalue weighted by atomic mass is 35.5. The van der Waals surface area contributed by atoms with Crippen LogP contribution in [0.25, 0.3) is 16.7 Å². The quantitative estimate of drug-likeness (QED) is 0.680. The van der Waals surface area contributed by atoms with Crippen molar-refractivity contribution in [3.8, 4) is 5.69 Å². The van der Waals surface area contributed by atoms with Gasteiger partial charge < -0.3 is 0 Å². The van der Waals surface area contributed by atoms with Crippen molar-refractivity contribution in [1.82, 2.24) is 14.5 Å². The van der Waals surface area contributed by atoms with E-state index in [1.165, 1.54) is 5.56 Å². The van der Waals surface area contributed by atoms with E-state index in [0.717, 1.165) is 29.0 Å². The van der Waals surface area contributed by atoms with Crippen LogP contribution in [0.3, 0.4) is 0 Å². The number of benzene rings is 1. The number of rotatable bonds is 3. The molecular formula is C15H14ClN3. The highest BCUT2D eigenvalue weighted by molar-refractivity contribution is 6.17. The Hall–Kier alpha value is -1.87. The van der Waals surface area contributed by atoms with Gasteiger partial charge in [-0.2, -0.15) is 0 Å². The average molecular weight is 272 g/mol. The zero-order valence-electron chi connectivity index (χ0n) is 10.7. The zero-order chi connectivity index (χ0) is 13.2. The number of fused-ring (bicyclic) bond motifs is 1. The van der Waals surface area contributed by atoms with Gasteiger partial charge in [0.2, 0.25) is 0 Å². The van der Waals surface area contributed by atoms with Gasteiger partial charge in [-0.1, -0.05) is 19.1 Å². The Morgan fingerprint density at radius 1 is 1.26 bits per heavy atom. The third kappa shape index (κ3) is 2.10. The van der Waals surface area contributed by atoms with Gasteiger partial charge in [0.15, 0.2) is 0 Å². The third-order valence-corrected chi connectivity index (χ3v) is 3.46. The van der Waals surface area contributed by atoms with E-state index in [1.54, 1.807) is 12.4 Å². The predicted molar refractivity (Wildman–Crippen MR) is 77.8 cm³/mol. The topological polar surface area (TPSA) is 30.7 Å². The van der Waals surface area contributed by atoms with Crippen molar-refractivity contribution < 1.29 is 0 Å². The van der Waals surface area contributed by atoms with Gasteiger partial charge >= 0.3 is 0 Å². The van der Waals surface area contributed by atoms with Gasteiger partial charge in [-0.3, -0.25) is 9.55 Å². The number of hydrogen-bond donors (Lipinski definition) is 0. The standard InChI is InChI=1S/C15H14ClN3/c1-2-11-4-3-5-12(8-11)19-14-6-7-17-10-13(14)18-15(19)9-16/h3-8,10H,2,9H2,1H3. The van der Waals surface area contributed by atoms with E-state index in [0.29, 0.717) is 5.88 Å². The van der Waals surface area contributed by atoms with E-state index in [1.807, 2.05) is 6.07 Å². The number of hydrogen-bond acceptors (Lipinski definition) is 2. The van der Waals surface area contributed by atoms with Crippen molar-refractivity contribution in [3.05, 3.63) is 54.1 Å². The summed E-state index contributed by atoms with van der Waals surface area (Å²) in [5.41, 5.74) is 4.32. The van der Waals surface area contributed by atoms with Crippen molar-refractivity contribution in [3.63, 3.8) is 0 Å². The van der Waals surface area contributed by atoms with Crippen LogP contribution in [0, 0.1) is 0 Å². The number of imidazole rings is 1. The van der Waals surface area contributed by atoms with E-state index >= 15 is 0 Å². The van der Waals surface area contributed by atoms with Crippen molar-refractivity contribution in [2.75, 3.05) is 0 Å². The molecule has 0 spiro atoms. The van der Waals surface area contributed by atoms with Crippen LogP contribution in [0.1, 0.15) is 18.3 Å². The van der Waals surface area contributed by atoms with Gasteiger partial charge in [0, 0.05) is 11.9 Å². The molecule has 0 aliphatic rings. The van der Waals surface area contributed by atoms with Crippen LogP contribution in [-0.4, -0.2) is 14.5 Å². The summed E-state index contributed by atoms with van der Waals surface area (Å²) in [6, 6.07) is 10.4. The maximum absolute atomic E-state index is 6.02. The zero-order valence-corrected chi connectivity index (χ0v) is 11.4. The molecule has 0 radical (unpaired) electrons. The summed E-state index contributed by atoms with van der Waals surface area (Å²) in [5.74, 6) is 1.23. The Morgan fingerprint density at radius 2 is 2.16 bits per heavy atom. The minimum atomic E-state index is 0.380. The summed E-state index contributed by atoms with van der Waals surface area (Å²) >= 11 is 6.02. The molecule has 96 valence electrons. The molecule has 4 heteroatoms. The first-order valence-corrected chi connectivity index (χ1v) is 6.83. The van der Waals surface area contributed by atoms with Crippen LogP contribution in [0.5, 0.6) is 0 Å². The molecule has 1 aromatic carbocycles. The smallest absolute Gasteiger partial charge is 0.129 e. The van der Waals surface area contributed by atoms with Crippen molar-refractivity contribution in [2.45, 2.75) is 19.2 Å². The Labute approximate surface area is 116 Å². The molecular weight excluding hydrogens is 258 g/mol. The molecule has 0 saturated carbocycles. The summed E-state index contributed by atoms with van der Waals surface area (Å²) in [6.07, 6.45) is 4.56. The van der Waals surface area contributed by atoms with Crippen LogP contribution in [0.2, 0.25) is 0 Å². The molecule has 2 heterocycles. The van der Waals surface area contributed by atoms with Crippen LogP contribution in [-0.2, 0) is 12.3 Å². The van der Waals surface area contributed by atoms with Crippen LogP contribution in [0.4, 0.5) is 0 Å². The molecule has 0 fully saturated rings. The maximum Gasteiger partial charge on any atom is 0.129 e. The van der Waals surface area contributed by atoms with Gasteiger partial charge in [0.25, 0.3) is 0 Å². The first-order valence-electron chi connectivity index (χ1n) is 6.30. The highest BCUT2D eigenvalue weighted by Crippen LogP contribution is 2.22. The molecule has 0 aliphatic heterocycles. The number of pyridine rings is 1. The first-order chi connectivity index (χ1) is 9.33. The summed E-state index contributed by atoms with van der Waals surface area (Å²) in [5, 5.41) is 0. The van der Waals surface area contributed by atoms with Crippen LogP contribution < -0.4 is 0 Å². The second-order valence-corrected chi connectivity index (χ2v) is 4.65. The fourth-order valence-electron chi connectivity index (χ4n) is 2.28. The minimum Gasteiger partial charge on any atom is -0.295 e. The van der Waals surface area contributed by atoms with E-state index in [9.17, 15) is 0 Å². The number of halogens is 1. The lowest BCUT2D eigenvalue weighted by Crippen LogP contribution is -1.99. The number of alkyl halides is 1. The molecule has 0 unspecified atom stereocenters. The molecule has 19 heavy (non-hydrogen) atoms. The Kier molecular flexibility index (Phi) is 3.22. The lowest BCUT2D eigenvalue weighted by molar-refractivity contribution is 0.975. The number of nitrogens with zero attached hydrogens (tertiary/aromatic N) is 3.